The van der Waals surface area contributed by atoms with Crippen molar-refractivity contribution in [3.63, 3.8) is 0 Å². The fraction of sp³-hybridized carbons (Fsp3) is 0.717. The van der Waals surface area contributed by atoms with Crippen molar-refractivity contribution in [2.45, 2.75) is 206 Å². The first-order valence-corrected chi connectivity index (χ1v) is 21.4. The van der Waals surface area contributed by atoms with Gasteiger partial charge in [0.05, 0.1) is 0 Å². The number of carboxylic acids is 1. The first-order valence-electron chi connectivity index (χ1n) is 21.4. The number of carboxylic acid groups (broad SMARTS) is 1. The standard InChI is InChI=1S/C46H79NO5/c1-3-5-7-9-11-13-15-16-17-18-19-20-21-22-24-26-28-33-37-41-46(51)52-43(38-34-30-27-25-23-14-12-10-8-6-4-2)39-35-31-29-32-36-40-44(48)47-42-45(49)50/h6,8,12,14,16-17,25,27,34,38,43H,3-5,7,9-11,13,15,18-24,26,28-33,35-37,39-42H2,1-2H3,(H,47,48)(H,49,50)/b8-6-,14-12-,17-16-,27-25-,38-34-. The lowest BCUT2D eigenvalue weighted by Gasteiger charge is -2.14. The molecule has 0 aliphatic heterocycles. The SMILES string of the molecule is CC/C=C\C/C=C\C/C=C\C/C=C\C(CCCCCCCC(=O)NCC(=O)O)OC(=O)CCCCCCCCCCC/C=C\CCCCCCCC. The molecule has 0 aromatic heterocycles. The van der Waals surface area contributed by atoms with Crippen molar-refractivity contribution in [3.05, 3.63) is 60.8 Å². The Morgan fingerprint density at radius 2 is 1.00 bits per heavy atom. The number of aliphatic carboxylic acids is 1. The van der Waals surface area contributed by atoms with E-state index in [1.807, 2.05) is 6.08 Å². The second-order valence-corrected chi connectivity index (χ2v) is 14.2. The van der Waals surface area contributed by atoms with Crippen molar-refractivity contribution in [2.75, 3.05) is 6.54 Å². The van der Waals surface area contributed by atoms with Gasteiger partial charge in [0.25, 0.3) is 0 Å². The summed E-state index contributed by atoms with van der Waals surface area (Å²) in [6.07, 6.45) is 53.6. The summed E-state index contributed by atoms with van der Waals surface area (Å²) in [5.41, 5.74) is 0. The number of unbranched alkanes of at least 4 members (excludes halogenated alkanes) is 19. The lowest BCUT2D eigenvalue weighted by molar-refractivity contribution is -0.147. The molecule has 0 aliphatic carbocycles. The van der Waals surface area contributed by atoms with Crippen molar-refractivity contribution in [2.24, 2.45) is 0 Å². The maximum Gasteiger partial charge on any atom is 0.322 e. The van der Waals surface area contributed by atoms with Crippen LogP contribution in [0.5, 0.6) is 0 Å². The fourth-order valence-corrected chi connectivity index (χ4v) is 6.01. The van der Waals surface area contributed by atoms with E-state index in [-0.39, 0.29) is 24.5 Å². The largest absolute Gasteiger partial charge is 0.480 e. The highest BCUT2D eigenvalue weighted by atomic mass is 16.5. The van der Waals surface area contributed by atoms with E-state index >= 15 is 0 Å². The van der Waals surface area contributed by atoms with Gasteiger partial charge in [0.2, 0.25) is 5.91 Å². The molecule has 0 aliphatic rings. The number of amides is 1. The number of ether oxygens (including phenoxy) is 1. The van der Waals surface area contributed by atoms with Crippen LogP contribution in [0.15, 0.2) is 60.8 Å². The highest BCUT2D eigenvalue weighted by Gasteiger charge is 2.11. The minimum Gasteiger partial charge on any atom is -0.480 e. The normalized spacial score (nSPS) is 12.7. The third kappa shape index (κ3) is 39.9. The Balaban J connectivity index is 4.20. The molecule has 2 N–H and O–H groups in total. The zero-order valence-electron chi connectivity index (χ0n) is 33.6. The Morgan fingerprint density at radius 3 is 1.54 bits per heavy atom. The lowest BCUT2D eigenvalue weighted by Crippen LogP contribution is -2.28. The van der Waals surface area contributed by atoms with Gasteiger partial charge in [-0.3, -0.25) is 14.4 Å². The quantitative estimate of drug-likeness (QED) is 0.0375. The van der Waals surface area contributed by atoms with Crippen molar-refractivity contribution in [3.8, 4) is 0 Å². The molecule has 0 rings (SSSR count). The summed E-state index contributed by atoms with van der Waals surface area (Å²) in [6, 6.07) is 0. The zero-order valence-corrected chi connectivity index (χ0v) is 33.6. The molecule has 0 aromatic carbocycles. The maximum atomic E-state index is 12.7. The minimum absolute atomic E-state index is 0.0964. The highest BCUT2D eigenvalue weighted by molar-refractivity contribution is 5.80. The van der Waals surface area contributed by atoms with Crippen molar-refractivity contribution in [1.29, 1.82) is 0 Å². The topological polar surface area (TPSA) is 92.7 Å². The van der Waals surface area contributed by atoms with Gasteiger partial charge in [0, 0.05) is 12.8 Å². The molecular formula is C46H79NO5. The smallest absolute Gasteiger partial charge is 0.322 e. The molecule has 0 spiro atoms. The molecule has 0 bridgehead atoms. The van der Waals surface area contributed by atoms with Crippen molar-refractivity contribution >= 4 is 17.8 Å². The predicted octanol–water partition coefficient (Wildman–Crippen LogP) is 13.2. The Labute approximate surface area is 320 Å². The van der Waals surface area contributed by atoms with E-state index in [0.29, 0.717) is 12.8 Å². The third-order valence-corrected chi connectivity index (χ3v) is 9.16. The molecule has 6 nitrogen and oxygen atoms in total. The van der Waals surface area contributed by atoms with Crippen LogP contribution >= 0.6 is 0 Å². The second-order valence-electron chi connectivity index (χ2n) is 14.2. The van der Waals surface area contributed by atoms with Crippen LogP contribution in [-0.2, 0) is 19.1 Å². The van der Waals surface area contributed by atoms with Gasteiger partial charge in [0.1, 0.15) is 12.6 Å². The number of hydrogen-bond acceptors (Lipinski definition) is 4. The van der Waals surface area contributed by atoms with Crippen LogP contribution in [0.4, 0.5) is 0 Å². The Bertz CT molecular complexity index is 979. The Hall–Kier alpha value is -2.89. The Morgan fingerprint density at radius 1 is 0.538 bits per heavy atom. The van der Waals surface area contributed by atoms with Gasteiger partial charge in [-0.25, -0.2) is 0 Å². The summed E-state index contributed by atoms with van der Waals surface area (Å²) in [7, 11) is 0. The van der Waals surface area contributed by atoms with Crippen LogP contribution in [0, 0.1) is 0 Å². The van der Waals surface area contributed by atoms with Gasteiger partial charge in [0.15, 0.2) is 0 Å². The molecule has 0 saturated heterocycles. The lowest BCUT2D eigenvalue weighted by atomic mass is 10.0. The molecule has 6 heteroatoms. The summed E-state index contributed by atoms with van der Waals surface area (Å²) in [6.45, 7) is 4.09. The van der Waals surface area contributed by atoms with Crippen LogP contribution in [0.1, 0.15) is 200 Å². The number of nitrogens with one attached hydrogen (secondary N) is 1. The summed E-state index contributed by atoms with van der Waals surface area (Å²) in [5, 5.41) is 11.1. The fourth-order valence-electron chi connectivity index (χ4n) is 6.01. The van der Waals surface area contributed by atoms with E-state index in [9.17, 15) is 14.4 Å². The number of hydrogen-bond donors (Lipinski definition) is 2. The van der Waals surface area contributed by atoms with E-state index in [1.165, 1.54) is 96.3 Å². The van der Waals surface area contributed by atoms with Gasteiger partial charge in [-0.1, -0.05) is 165 Å². The van der Waals surface area contributed by atoms with Gasteiger partial charge in [-0.2, -0.15) is 0 Å². The minimum atomic E-state index is -1.03. The zero-order chi connectivity index (χ0) is 38.0. The molecule has 1 amide bonds. The predicted molar refractivity (Wildman–Crippen MR) is 221 cm³/mol. The van der Waals surface area contributed by atoms with E-state index in [4.69, 9.17) is 9.84 Å². The average Bonchev–Trinajstić information content (AvgIpc) is 3.13. The van der Waals surface area contributed by atoms with E-state index in [2.05, 4.69) is 73.8 Å². The van der Waals surface area contributed by atoms with Crippen molar-refractivity contribution < 1.29 is 24.2 Å². The molecule has 0 aromatic rings. The molecule has 1 unspecified atom stereocenters. The van der Waals surface area contributed by atoms with Crippen LogP contribution < -0.4 is 5.32 Å². The average molecular weight is 726 g/mol. The number of rotatable bonds is 38. The van der Waals surface area contributed by atoms with Crippen LogP contribution in [0.25, 0.3) is 0 Å². The Kier molecular flexibility index (Phi) is 38.6. The monoisotopic (exact) mass is 726 g/mol. The van der Waals surface area contributed by atoms with Crippen LogP contribution in [0.2, 0.25) is 0 Å². The summed E-state index contributed by atoms with van der Waals surface area (Å²) in [5.74, 6) is -1.33. The molecule has 0 radical (unpaired) electrons. The highest BCUT2D eigenvalue weighted by Crippen LogP contribution is 2.16. The third-order valence-electron chi connectivity index (χ3n) is 9.16. The molecule has 0 fully saturated rings. The molecule has 0 saturated carbocycles. The van der Waals surface area contributed by atoms with E-state index in [1.54, 1.807) is 0 Å². The van der Waals surface area contributed by atoms with E-state index < -0.39 is 5.97 Å². The summed E-state index contributed by atoms with van der Waals surface area (Å²) in [4.78, 5) is 35.0. The molecule has 0 heterocycles. The van der Waals surface area contributed by atoms with Crippen molar-refractivity contribution in [1.82, 2.24) is 5.32 Å². The van der Waals surface area contributed by atoms with Crippen LogP contribution in [-0.4, -0.2) is 35.6 Å². The van der Waals surface area contributed by atoms with E-state index in [0.717, 1.165) is 77.0 Å². The number of carbonyl (C=O) groups is 3. The second kappa shape index (κ2) is 40.9. The van der Waals surface area contributed by atoms with Gasteiger partial charge < -0.3 is 15.2 Å². The number of carbonyl (C=O) groups excluding carboxylic acids is 2. The number of esters is 1. The van der Waals surface area contributed by atoms with Gasteiger partial charge in [-0.15, -0.1) is 0 Å². The van der Waals surface area contributed by atoms with Gasteiger partial charge in [-0.05, 0) is 83.1 Å². The molecule has 298 valence electrons. The summed E-state index contributed by atoms with van der Waals surface area (Å²) < 4.78 is 5.91. The first-order chi connectivity index (χ1) is 25.5. The molecule has 52 heavy (non-hydrogen) atoms. The summed E-state index contributed by atoms with van der Waals surface area (Å²) >= 11 is 0. The van der Waals surface area contributed by atoms with Gasteiger partial charge >= 0.3 is 11.9 Å². The van der Waals surface area contributed by atoms with Crippen LogP contribution in [0.3, 0.4) is 0 Å². The molecular weight excluding hydrogens is 647 g/mol. The maximum absolute atomic E-state index is 12.7. The number of allylic oxidation sites excluding steroid dienone is 9. The molecule has 1 atom stereocenters. The first kappa shape index (κ1) is 49.1.